The van der Waals surface area contributed by atoms with Gasteiger partial charge in [-0.2, -0.15) is 0 Å². The van der Waals surface area contributed by atoms with Gasteiger partial charge in [0.15, 0.2) is 28.9 Å². The molecule has 0 N–H and O–H groups in total. The van der Waals surface area contributed by atoms with Crippen LogP contribution in [0.4, 0.5) is 8.78 Å². The van der Waals surface area contributed by atoms with Gasteiger partial charge in [0.25, 0.3) is 0 Å². The van der Waals surface area contributed by atoms with Gasteiger partial charge in [0.1, 0.15) is 0 Å². The molecule has 0 heterocycles. The number of carbonyl (C=O) groups is 1. The molecule has 0 amide bonds. The molecule has 0 saturated heterocycles. The zero-order valence-corrected chi connectivity index (χ0v) is 13.6. The fraction of sp³-hybridized carbons (Fsp3) is 0.316. The Balaban J connectivity index is 2.04. The number of carbonyl (C=O) groups excluding carboxylic acids is 1. The average molecular weight is 332 g/mol. The Morgan fingerprint density at radius 2 is 1.79 bits per heavy atom. The number of hydrogen-bond donors (Lipinski definition) is 0. The number of hydrogen-bond acceptors (Lipinski definition) is 3. The quantitative estimate of drug-likeness (QED) is 0.787. The van der Waals surface area contributed by atoms with Gasteiger partial charge in [-0.25, -0.2) is 8.78 Å². The van der Waals surface area contributed by atoms with Gasteiger partial charge in [-0.15, -0.1) is 0 Å². The van der Waals surface area contributed by atoms with Crippen molar-refractivity contribution in [2.75, 3.05) is 14.2 Å². The second-order valence-corrected chi connectivity index (χ2v) is 5.81. The topological polar surface area (TPSA) is 35.5 Å². The maximum absolute atomic E-state index is 14.5. The lowest BCUT2D eigenvalue weighted by molar-refractivity contribution is 0.0957. The van der Waals surface area contributed by atoms with Crippen LogP contribution in [0.1, 0.15) is 40.2 Å². The van der Waals surface area contributed by atoms with Crippen molar-refractivity contribution in [3.63, 3.8) is 0 Å². The molecule has 3 rings (SSSR count). The van der Waals surface area contributed by atoms with Crippen LogP contribution in [0, 0.1) is 11.6 Å². The lowest BCUT2D eigenvalue weighted by atomic mass is 9.88. The number of rotatable bonds is 3. The fourth-order valence-corrected chi connectivity index (χ4v) is 3.25. The molecule has 1 aliphatic carbocycles. The third kappa shape index (κ3) is 2.75. The van der Waals surface area contributed by atoms with E-state index in [2.05, 4.69) is 0 Å². The summed E-state index contributed by atoms with van der Waals surface area (Å²) < 4.78 is 38.1. The van der Waals surface area contributed by atoms with Crippen LogP contribution in [-0.4, -0.2) is 20.0 Å². The molecule has 0 fully saturated rings. The molecule has 0 bridgehead atoms. The molecule has 0 saturated carbocycles. The van der Waals surface area contributed by atoms with Crippen LogP contribution < -0.4 is 9.47 Å². The van der Waals surface area contributed by atoms with Gasteiger partial charge in [-0.1, -0.05) is 6.07 Å². The second-order valence-electron chi connectivity index (χ2n) is 5.81. The van der Waals surface area contributed by atoms with E-state index >= 15 is 0 Å². The van der Waals surface area contributed by atoms with Gasteiger partial charge in [0.2, 0.25) is 0 Å². The largest absolute Gasteiger partial charge is 0.494 e. The molecule has 1 unspecified atom stereocenters. The normalized spacial score (nSPS) is 17.2. The van der Waals surface area contributed by atoms with Gasteiger partial charge < -0.3 is 9.47 Å². The molecule has 126 valence electrons. The number of halogens is 2. The molecule has 0 aliphatic heterocycles. The summed E-state index contributed by atoms with van der Waals surface area (Å²) >= 11 is 0. The molecule has 0 radical (unpaired) electrons. The van der Waals surface area contributed by atoms with E-state index in [0.29, 0.717) is 36.0 Å². The number of ketones is 1. The van der Waals surface area contributed by atoms with Crippen LogP contribution in [0.2, 0.25) is 0 Å². The van der Waals surface area contributed by atoms with Crippen molar-refractivity contribution in [3.05, 3.63) is 58.7 Å². The first-order chi connectivity index (χ1) is 11.6. The zero-order valence-electron chi connectivity index (χ0n) is 13.6. The molecule has 1 aliphatic rings. The first-order valence-corrected chi connectivity index (χ1v) is 7.79. The Labute approximate surface area is 139 Å². The Hall–Kier alpha value is -2.43. The van der Waals surface area contributed by atoms with E-state index in [1.54, 1.807) is 18.2 Å². The fourth-order valence-electron chi connectivity index (χ4n) is 3.25. The Bertz CT molecular complexity index is 786. The highest BCUT2D eigenvalue weighted by atomic mass is 19.1. The molecule has 1 atom stereocenters. The van der Waals surface area contributed by atoms with E-state index < -0.39 is 17.6 Å². The maximum Gasteiger partial charge on any atom is 0.170 e. The smallest absolute Gasteiger partial charge is 0.170 e. The minimum absolute atomic E-state index is 0.102. The van der Waals surface area contributed by atoms with Crippen LogP contribution in [0.15, 0.2) is 30.3 Å². The van der Waals surface area contributed by atoms with Crippen molar-refractivity contribution in [2.45, 2.75) is 25.2 Å². The van der Waals surface area contributed by atoms with Crippen LogP contribution in [-0.2, 0) is 6.42 Å². The van der Waals surface area contributed by atoms with Crippen molar-refractivity contribution in [1.82, 2.24) is 0 Å². The molecule has 0 aromatic heterocycles. The number of Topliss-reactive ketones (excluding diaryl/α,β-unsaturated/α-hetero) is 1. The summed E-state index contributed by atoms with van der Waals surface area (Å²) in [7, 11) is 2.78. The SMILES string of the molecule is COc1cc(C2CCCc3c(ccc(OC)c3F)C2=O)ccc1F. The molecule has 0 spiro atoms. The van der Waals surface area contributed by atoms with Gasteiger partial charge in [0.05, 0.1) is 14.2 Å². The van der Waals surface area contributed by atoms with Crippen molar-refractivity contribution in [1.29, 1.82) is 0 Å². The van der Waals surface area contributed by atoms with Crippen molar-refractivity contribution < 1.29 is 23.0 Å². The summed E-state index contributed by atoms with van der Waals surface area (Å²) in [5.74, 6) is -1.29. The average Bonchev–Trinajstić information content (AvgIpc) is 2.76. The third-order valence-corrected chi connectivity index (χ3v) is 4.51. The third-order valence-electron chi connectivity index (χ3n) is 4.51. The Morgan fingerprint density at radius 3 is 2.50 bits per heavy atom. The first kappa shape index (κ1) is 16.4. The lowest BCUT2D eigenvalue weighted by Gasteiger charge is -2.16. The lowest BCUT2D eigenvalue weighted by Crippen LogP contribution is -2.13. The molecule has 24 heavy (non-hydrogen) atoms. The van der Waals surface area contributed by atoms with E-state index in [4.69, 9.17) is 9.47 Å². The zero-order chi connectivity index (χ0) is 17.3. The predicted octanol–water partition coefficient (Wildman–Crippen LogP) is 4.28. The van der Waals surface area contributed by atoms with Crippen LogP contribution in [0.25, 0.3) is 0 Å². The summed E-state index contributed by atoms with van der Waals surface area (Å²) in [5, 5.41) is 0. The standard InChI is InChI=1S/C19H18F2O3/c1-23-16-9-7-14-13(18(16)21)5-3-4-12(19(14)22)11-6-8-15(20)17(10-11)24-2/h6-10,12H,3-5H2,1-2H3. The summed E-state index contributed by atoms with van der Waals surface area (Å²) in [6, 6.07) is 7.51. The highest BCUT2D eigenvalue weighted by Gasteiger charge is 2.30. The molecule has 2 aromatic rings. The summed E-state index contributed by atoms with van der Waals surface area (Å²) in [5.41, 5.74) is 1.46. The van der Waals surface area contributed by atoms with E-state index in [1.165, 1.54) is 26.4 Å². The monoisotopic (exact) mass is 332 g/mol. The minimum Gasteiger partial charge on any atom is -0.494 e. The van der Waals surface area contributed by atoms with E-state index in [9.17, 15) is 13.6 Å². The predicted molar refractivity (Wildman–Crippen MR) is 85.9 cm³/mol. The minimum atomic E-state index is -0.474. The maximum atomic E-state index is 14.5. The van der Waals surface area contributed by atoms with Gasteiger partial charge in [-0.05, 0) is 49.1 Å². The number of fused-ring (bicyclic) bond motifs is 1. The number of methoxy groups -OCH3 is 2. The molecular formula is C19H18F2O3. The van der Waals surface area contributed by atoms with Crippen molar-refractivity contribution in [2.24, 2.45) is 0 Å². The summed E-state index contributed by atoms with van der Waals surface area (Å²) in [6.45, 7) is 0. The number of ether oxygens (including phenoxy) is 2. The summed E-state index contributed by atoms with van der Waals surface area (Å²) in [6.07, 6.45) is 1.70. The van der Waals surface area contributed by atoms with E-state index in [1.807, 2.05) is 0 Å². The molecule has 3 nitrogen and oxygen atoms in total. The Kier molecular flexibility index (Phi) is 4.51. The van der Waals surface area contributed by atoms with Crippen LogP contribution in [0.3, 0.4) is 0 Å². The van der Waals surface area contributed by atoms with Crippen LogP contribution in [0.5, 0.6) is 11.5 Å². The number of benzene rings is 2. The molecule has 5 heteroatoms. The van der Waals surface area contributed by atoms with Crippen molar-refractivity contribution in [3.8, 4) is 11.5 Å². The van der Waals surface area contributed by atoms with Crippen LogP contribution >= 0.6 is 0 Å². The van der Waals surface area contributed by atoms with Gasteiger partial charge >= 0.3 is 0 Å². The van der Waals surface area contributed by atoms with E-state index in [-0.39, 0.29) is 17.3 Å². The summed E-state index contributed by atoms with van der Waals surface area (Å²) in [4.78, 5) is 12.9. The van der Waals surface area contributed by atoms with Gasteiger partial charge in [-0.3, -0.25) is 4.79 Å². The Morgan fingerprint density at radius 1 is 1.04 bits per heavy atom. The van der Waals surface area contributed by atoms with E-state index in [0.717, 1.165) is 0 Å². The molecule has 2 aromatic carbocycles. The highest BCUT2D eigenvalue weighted by molar-refractivity contribution is 6.02. The van der Waals surface area contributed by atoms with Crippen molar-refractivity contribution >= 4 is 5.78 Å². The second kappa shape index (κ2) is 6.59. The highest BCUT2D eigenvalue weighted by Crippen LogP contribution is 2.36. The molecular weight excluding hydrogens is 314 g/mol. The van der Waals surface area contributed by atoms with Gasteiger partial charge in [0, 0.05) is 17.0 Å². The first-order valence-electron chi connectivity index (χ1n) is 7.79.